The van der Waals surface area contributed by atoms with Crippen LogP contribution in [0.4, 0.5) is 5.69 Å². The molecule has 0 aliphatic heterocycles. The minimum atomic E-state index is -0.0848. The van der Waals surface area contributed by atoms with E-state index in [0.717, 1.165) is 34.1 Å². The molecule has 1 heterocycles. The Kier molecular flexibility index (Phi) is 6.02. The Balaban J connectivity index is 1.61. The molecule has 2 aromatic carbocycles. The van der Waals surface area contributed by atoms with E-state index in [2.05, 4.69) is 48.4 Å². The molecule has 134 valence electrons. The van der Waals surface area contributed by atoms with Crippen LogP contribution in [0.15, 0.2) is 53.9 Å². The van der Waals surface area contributed by atoms with Crippen molar-refractivity contribution in [3.63, 3.8) is 0 Å². The molecule has 0 saturated carbocycles. The Bertz CT molecular complexity index is 872. The largest absolute Gasteiger partial charge is 0.494 e. The summed E-state index contributed by atoms with van der Waals surface area (Å²) >= 11 is 1.56. The van der Waals surface area contributed by atoms with Gasteiger partial charge in [-0.2, -0.15) is 0 Å². The number of hydrogen-bond donors (Lipinski definition) is 1. The number of carbonyl (C=O) groups is 1. The normalized spacial score (nSPS) is 10.5. The number of nitrogens with zero attached hydrogens (tertiary/aromatic N) is 1. The predicted molar refractivity (Wildman–Crippen MR) is 107 cm³/mol. The molecule has 1 amide bonds. The van der Waals surface area contributed by atoms with E-state index in [1.807, 2.05) is 29.6 Å². The first kappa shape index (κ1) is 18.1. The molecule has 3 aromatic rings. The van der Waals surface area contributed by atoms with Crippen molar-refractivity contribution in [3.8, 4) is 16.3 Å². The first-order valence-electron chi connectivity index (χ1n) is 8.68. The zero-order chi connectivity index (χ0) is 18.4. The highest BCUT2D eigenvalue weighted by Gasteiger charge is 2.10. The first-order chi connectivity index (χ1) is 12.6. The highest BCUT2D eigenvalue weighted by molar-refractivity contribution is 7.13. The van der Waals surface area contributed by atoms with Crippen molar-refractivity contribution in [2.24, 2.45) is 0 Å². The van der Waals surface area contributed by atoms with Crippen LogP contribution in [0, 0.1) is 6.92 Å². The lowest BCUT2D eigenvalue weighted by Crippen LogP contribution is -2.14. The molecule has 26 heavy (non-hydrogen) atoms. The van der Waals surface area contributed by atoms with Crippen molar-refractivity contribution in [2.75, 3.05) is 11.9 Å². The molecule has 0 fully saturated rings. The van der Waals surface area contributed by atoms with Crippen molar-refractivity contribution in [1.82, 2.24) is 4.98 Å². The lowest BCUT2D eigenvalue weighted by Gasteiger charge is -2.08. The Morgan fingerprint density at radius 1 is 1.19 bits per heavy atom. The summed E-state index contributed by atoms with van der Waals surface area (Å²) in [5.41, 5.74) is 3.81. The Hall–Kier alpha value is -2.66. The van der Waals surface area contributed by atoms with Crippen molar-refractivity contribution >= 4 is 22.9 Å². The quantitative estimate of drug-likeness (QED) is 0.634. The van der Waals surface area contributed by atoms with E-state index in [9.17, 15) is 4.79 Å². The zero-order valence-electron chi connectivity index (χ0n) is 15.0. The molecule has 0 bridgehead atoms. The topological polar surface area (TPSA) is 51.2 Å². The number of thiazole rings is 1. The van der Waals surface area contributed by atoms with Crippen LogP contribution in [0.25, 0.3) is 10.6 Å². The van der Waals surface area contributed by atoms with Crippen molar-refractivity contribution < 1.29 is 9.53 Å². The summed E-state index contributed by atoms with van der Waals surface area (Å²) in [4.78, 5) is 16.9. The van der Waals surface area contributed by atoms with Crippen LogP contribution in [0.1, 0.15) is 24.6 Å². The molecule has 0 aliphatic rings. The van der Waals surface area contributed by atoms with Crippen LogP contribution in [-0.4, -0.2) is 17.5 Å². The van der Waals surface area contributed by atoms with E-state index >= 15 is 0 Å². The number of nitrogens with one attached hydrogen (secondary N) is 1. The Labute approximate surface area is 157 Å². The third-order valence-electron chi connectivity index (χ3n) is 3.78. The molecule has 0 unspecified atom stereocenters. The molecular weight excluding hydrogens is 344 g/mol. The van der Waals surface area contributed by atoms with Crippen LogP contribution in [-0.2, 0) is 11.2 Å². The standard InChI is InChI=1S/C21H22N2O2S/c1-3-11-25-19-6-4-5-17(12-19)22-20(24)13-18-14-26-21(23-18)16-9-7-15(2)8-10-16/h4-10,12,14H,3,11,13H2,1-2H3,(H,22,24). The van der Waals surface area contributed by atoms with E-state index < -0.39 is 0 Å². The molecule has 0 radical (unpaired) electrons. The number of benzene rings is 2. The maximum Gasteiger partial charge on any atom is 0.230 e. The summed E-state index contributed by atoms with van der Waals surface area (Å²) in [6, 6.07) is 15.7. The second-order valence-electron chi connectivity index (χ2n) is 6.11. The van der Waals surface area contributed by atoms with Gasteiger partial charge < -0.3 is 10.1 Å². The molecule has 0 saturated heterocycles. The number of rotatable bonds is 7. The summed E-state index contributed by atoms with van der Waals surface area (Å²) in [5.74, 6) is 0.679. The number of aryl methyl sites for hydroxylation is 1. The van der Waals surface area contributed by atoms with Crippen LogP contribution >= 0.6 is 11.3 Å². The average molecular weight is 366 g/mol. The van der Waals surface area contributed by atoms with Gasteiger partial charge in [0.05, 0.1) is 18.7 Å². The second kappa shape index (κ2) is 8.63. The van der Waals surface area contributed by atoms with E-state index in [4.69, 9.17) is 4.74 Å². The smallest absolute Gasteiger partial charge is 0.230 e. The van der Waals surface area contributed by atoms with Crippen LogP contribution in [0.3, 0.4) is 0 Å². The van der Waals surface area contributed by atoms with Gasteiger partial charge in [0.15, 0.2) is 0 Å². The first-order valence-corrected chi connectivity index (χ1v) is 9.56. The lowest BCUT2D eigenvalue weighted by molar-refractivity contribution is -0.115. The maximum absolute atomic E-state index is 12.3. The number of ether oxygens (including phenoxy) is 1. The summed E-state index contributed by atoms with van der Waals surface area (Å²) in [6.45, 7) is 4.78. The summed E-state index contributed by atoms with van der Waals surface area (Å²) in [5, 5.41) is 5.78. The number of hydrogen-bond acceptors (Lipinski definition) is 4. The molecule has 0 aliphatic carbocycles. The van der Waals surface area contributed by atoms with Gasteiger partial charge in [0.2, 0.25) is 5.91 Å². The highest BCUT2D eigenvalue weighted by atomic mass is 32.1. The monoisotopic (exact) mass is 366 g/mol. The van der Waals surface area contributed by atoms with E-state index in [0.29, 0.717) is 6.61 Å². The van der Waals surface area contributed by atoms with Crippen molar-refractivity contribution in [2.45, 2.75) is 26.7 Å². The van der Waals surface area contributed by atoms with Crippen LogP contribution < -0.4 is 10.1 Å². The molecule has 5 heteroatoms. The van der Waals surface area contributed by atoms with Crippen molar-refractivity contribution in [3.05, 3.63) is 65.2 Å². The van der Waals surface area contributed by atoms with Crippen LogP contribution in [0.5, 0.6) is 5.75 Å². The van der Waals surface area contributed by atoms with Gasteiger partial charge in [-0.15, -0.1) is 11.3 Å². The average Bonchev–Trinajstić information content (AvgIpc) is 3.09. The Morgan fingerprint density at radius 3 is 2.77 bits per heavy atom. The summed E-state index contributed by atoms with van der Waals surface area (Å²) < 4.78 is 5.59. The van der Waals surface area contributed by atoms with Gasteiger partial charge in [0, 0.05) is 22.7 Å². The van der Waals surface area contributed by atoms with Gasteiger partial charge in [-0.25, -0.2) is 4.98 Å². The number of carbonyl (C=O) groups excluding carboxylic acids is 1. The van der Waals surface area contributed by atoms with E-state index in [1.165, 1.54) is 5.56 Å². The lowest BCUT2D eigenvalue weighted by atomic mass is 10.2. The third-order valence-corrected chi connectivity index (χ3v) is 4.72. The van der Waals surface area contributed by atoms with Gasteiger partial charge >= 0.3 is 0 Å². The number of anilines is 1. The molecule has 0 spiro atoms. The molecule has 1 aromatic heterocycles. The zero-order valence-corrected chi connectivity index (χ0v) is 15.8. The molecule has 0 atom stereocenters. The van der Waals surface area contributed by atoms with Crippen molar-refractivity contribution in [1.29, 1.82) is 0 Å². The van der Waals surface area contributed by atoms with Gasteiger partial charge in [-0.05, 0) is 25.5 Å². The molecule has 1 N–H and O–H groups in total. The third kappa shape index (κ3) is 4.92. The SMILES string of the molecule is CCCOc1cccc(NC(=O)Cc2csc(-c3ccc(C)cc3)n2)c1. The van der Waals surface area contributed by atoms with E-state index in [-0.39, 0.29) is 12.3 Å². The van der Waals surface area contributed by atoms with Crippen LogP contribution in [0.2, 0.25) is 0 Å². The van der Waals surface area contributed by atoms with Gasteiger partial charge in [0.25, 0.3) is 0 Å². The van der Waals surface area contributed by atoms with Gasteiger partial charge in [0.1, 0.15) is 10.8 Å². The minimum Gasteiger partial charge on any atom is -0.494 e. The molecule has 4 nitrogen and oxygen atoms in total. The summed E-state index contributed by atoms with van der Waals surface area (Å²) in [7, 11) is 0. The fourth-order valence-electron chi connectivity index (χ4n) is 2.47. The number of aromatic nitrogens is 1. The van der Waals surface area contributed by atoms with Gasteiger partial charge in [-0.1, -0.05) is 42.8 Å². The second-order valence-corrected chi connectivity index (χ2v) is 6.97. The molecular formula is C21H22N2O2S. The minimum absolute atomic E-state index is 0.0848. The fraction of sp³-hybridized carbons (Fsp3) is 0.238. The number of amides is 1. The fourth-order valence-corrected chi connectivity index (χ4v) is 3.30. The molecule has 3 rings (SSSR count). The Morgan fingerprint density at radius 2 is 2.00 bits per heavy atom. The highest BCUT2D eigenvalue weighted by Crippen LogP contribution is 2.24. The summed E-state index contributed by atoms with van der Waals surface area (Å²) in [6.07, 6.45) is 1.20. The van der Waals surface area contributed by atoms with Gasteiger partial charge in [-0.3, -0.25) is 4.79 Å². The maximum atomic E-state index is 12.3. The van der Waals surface area contributed by atoms with E-state index in [1.54, 1.807) is 11.3 Å². The predicted octanol–water partition coefficient (Wildman–Crippen LogP) is 5.09.